The van der Waals surface area contributed by atoms with Gasteiger partial charge in [-0.2, -0.15) is 0 Å². The van der Waals surface area contributed by atoms with Crippen molar-refractivity contribution in [3.8, 4) is 0 Å². The molecule has 3 nitrogen and oxygen atoms in total. The minimum Gasteiger partial charge on any atom is -0.427 e. The van der Waals surface area contributed by atoms with Crippen molar-refractivity contribution in [2.24, 2.45) is 0 Å². The maximum absolute atomic E-state index is 11.0. The smallest absolute Gasteiger partial charge is 0.311 e. The van der Waals surface area contributed by atoms with Gasteiger partial charge in [0.2, 0.25) is 0 Å². The lowest BCUT2D eigenvalue weighted by Crippen LogP contribution is -2.04. The third-order valence-corrected chi connectivity index (χ3v) is 1.66. The van der Waals surface area contributed by atoms with Gasteiger partial charge >= 0.3 is 5.97 Å². The average Bonchev–Trinajstić information content (AvgIpc) is 2.16. The fraction of sp³-hybridized carbons (Fsp3) is 0.400. The Morgan fingerprint density at radius 1 is 1.54 bits per heavy atom. The number of aldehydes is 1. The van der Waals surface area contributed by atoms with Crippen molar-refractivity contribution >= 4 is 12.3 Å². The molecule has 0 aromatic heterocycles. The predicted molar refractivity (Wildman–Crippen MR) is 47.8 cm³/mol. The van der Waals surface area contributed by atoms with Crippen LogP contribution in [0.2, 0.25) is 0 Å². The molecule has 3 heteroatoms. The van der Waals surface area contributed by atoms with Crippen LogP contribution >= 0.6 is 0 Å². The highest BCUT2D eigenvalue weighted by Crippen LogP contribution is 2.11. The number of hydrogen-bond acceptors (Lipinski definition) is 3. The van der Waals surface area contributed by atoms with Gasteiger partial charge in [0.05, 0.1) is 6.42 Å². The summed E-state index contributed by atoms with van der Waals surface area (Å²) in [4.78, 5) is 21.0. The Kier molecular flexibility index (Phi) is 3.96. The van der Waals surface area contributed by atoms with Gasteiger partial charge in [-0.3, -0.25) is 4.79 Å². The number of rotatable bonds is 4. The zero-order valence-electron chi connectivity index (χ0n) is 7.36. The Balaban J connectivity index is 2.31. The molecule has 1 rings (SSSR count). The zero-order chi connectivity index (χ0) is 9.52. The van der Waals surface area contributed by atoms with Gasteiger partial charge < -0.3 is 9.53 Å². The first kappa shape index (κ1) is 9.71. The zero-order valence-corrected chi connectivity index (χ0v) is 7.36. The second-order valence-corrected chi connectivity index (χ2v) is 2.77. The maximum atomic E-state index is 11.0. The SMILES string of the molecule is O=CCCC(=O)OC1=CCCC=C1. The first-order valence-corrected chi connectivity index (χ1v) is 4.34. The number of esters is 1. The van der Waals surface area contributed by atoms with E-state index in [0.717, 1.165) is 12.8 Å². The molecule has 0 aromatic carbocycles. The number of carbonyl (C=O) groups excluding carboxylic acids is 2. The second kappa shape index (κ2) is 5.30. The van der Waals surface area contributed by atoms with Gasteiger partial charge in [0, 0.05) is 6.42 Å². The lowest BCUT2D eigenvalue weighted by atomic mass is 10.2. The van der Waals surface area contributed by atoms with E-state index < -0.39 is 0 Å². The van der Waals surface area contributed by atoms with Crippen LogP contribution in [-0.2, 0) is 14.3 Å². The molecule has 70 valence electrons. The Bertz CT molecular complexity index is 251. The van der Waals surface area contributed by atoms with E-state index in [1.54, 1.807) is 6.08 Å². The third-order valence-electron chi connectivity index (χ3n) is 1.66. The van der Waals surface area contributed by atoms with Crippen LogP contribution in [-0.4, -0.2) is 12.3 Å². The number of allylic oxidation sites excluding steroid dienone is 3. The summed E-state index contributed by atoms with van der Waals surface area (Å²) in [7, 11) is 0. The Morgan fingerprint density at radius 3 is 3.00 bits per heavy atom. The second-order valence-electron chi connectivity index (χ2n) is 2.77. The van der Waals surface area contributed by atoms with Crippen molar-refractivity contribution in [2.45, 2.75) is 25.7 Å². The van der Waals surface area contributed by atoms with Gasteiger partial charge in [-0.25, -0.2) is 0 Å². The Labute approximate surface area is 77.1 Å². The van der Waals surface area contributed by atoms with Crippen LogP contribution in [0.1, 0.15) is 25.7 Å². The Hall–Kier alpha value is -1.38. The number of carbonyl (C=O) groups is 2. The molecule has 0 fully saturated rings. The van der Waals surface area contributed by atoms with E-state index in [2.05, 4.69) is 0 Å². The summed E-state index contributed by atoms with van der Waals surface area (Å²) < 4.78 is 4.97. The molecule has 0 amide bonds. The standard InChI is InChI=1S/C10H12O3/c11-8-4-7-10(12)13-9-5-2-1-3-6-9/h2,5-6,8H,1,3-4,7H2. The first-order chi connectivity index (χ1) is 6.33. The highest BCUT2D eigenvalue weighted by atomic mass is 16.5. The van der Waals surface area contributed by atoms with Crippen LogP contribution in [0.4, 0.5) is 0 Å². The van der Waals surface area contributed by atoms with Gasteiger partial charge in [-0.15, -0.1) is 0 Å². The van der Waals surface area contributed by atoms with E-state index in [0.29, 0.717) is 12.0 Å². The number of hydrogen-bond donors (Lipinski definition) is 0. The molecule has 0 saturated carbocycles. The van der Waals surface area contributed by atoms with Crippen LogP contribution < -0.4 is 0 Å². The van der Waals surface area contributed by atoms with Gasteiger partial charge in [0.1, 0.15) is 12.0 Å². The molecule has 0 radical (unpaired) electrons. The molecule has 0 atom stereocenters. The quantitative estimate of drug-likeness (QED) is 0.489. The Morgan fingerprint density at radius 2 is 2.38 bits per heavy atom. The van der Waals surface area contributed by atoms with Crippen molar-refractivity contribution in [1.29, 1.82) is 0 Å². The average molecular weight is 180 g/mol. The molecule has 0 N–H and O–H groups in total. The van der Waals surface area contributed by atoms with Gasteiger partial charge in [0.15, 0.2) is 0 Å². The van der Waals surface area contributed by atoms with Crippen LogP contribution in [0.5, 0.6) is 0 Å². The number of ether oxygens (including phenoxy) is 1. The van der Waals surface area contributed by atoms with E-state index in [-0.39, 0.29) is 18.8 Å². The molecular formula is C10H12O3. The molecular weight excluding hydrogens is 168 g/mol. The van der Waals surface area contributed by atoms with Crippen LogP contribution in [0, 0.1) is 0 Å². The van der Waals surface area contributed by atoms with E-state index in [9.17, 15) is 9.59 Å². The highest BCUT2D eigenvalue weighted by Gasteiger charge is 2.05. The van der Waals surface area contributed by atoms with Gasteiger partial charge in [-0.05, 0) is 25.0 Å². The summed E-state index contributed by atoms with van der Waals surface area (Å²) in [6.45, 7) is 0. The van der Waals surface area contributed by atoms with Gasteiger partial charge in [-0.1, -0.05) is 6.08 Å². The fourth-order valence-electron chi connectivity index (χ4n) is 1.02. The summed E-state index contributed by atoms with van der Waals surface area (Å²) >= 11 is 0. The molecule has 0 aliphatic heterocycles. The van der Waals surface area contributed by atoms with Crippen molar-refractivity contribution in [3.05, 3.63) is 24.0 Å². The van der Waals surface area contributed by atoms with E-state index >= 15 is 0 Å². The molecule has 1 aliphatic carbocycles. The lowest BCUT2D eigenvalue weighted by Gasteiger charge is -2.06. The summed E-state index contributed by atoms with van der Waals surface area (Å²) in [5.74, 6) is 0.257. The third kappa shape index (κ3) is 3.69. The van der Waals surface area contributed by atoms with Crippen molar-refractivity contribution < 1.29 is 14.3 Å². The lowest BCUT2D eigenvalue weighted by molar-refractivity contribution is -0.139. The van der Waals surface area contributed by atoms with Crippen LogP contribution in [0.25, 0.3) is 0 Å². The maximum Gasteiger partial charge on any atom is 0.311 e. The summed E-state index contributed by atoms with van der Waals surface area (Å²) in [6.07, 6.45) is 8.63. The van der Waals surface area contributed by atoms with Gasteiger partial charge in [0.25, 0.3) is 0 Å². The van der Waals surface area contributed by atoms with E-state index in [1.807, 2.05) is 12.2 Å². The summed E-state index contributed by atoms with van der Waals surface area (Å²) in [5, 5.41) is 0. The molecule has 0 heterocycles. The van der Waals surface area contributed by atoms with Crippen molar-refractivity contribution in [3.63, 3.8) is 0 Å². The summed E-state index contributed by atoms with van der Waals surface area (Å²) in [5.41, 5.74) is 0. The minimum absolute atomic E-state index is 0.161. The topological polar surface area (TPSA) is 43.4 Å². The monoisotopic (exact) mass is 180 g/mol. The molecule has 0 spiro atoms. The molecule has 0 bridgehead atoms. The largest absolute Gasteiger partial charge is 0.427 e. The molecule has 0 saturated heterocycles. The molecule has 0 aromatic rings. The highest BCUT2D eigenvalue weighted by molar-refractivity contribution is 5.73. The normalized spacial score (nSPS) is 14.9. The predicted octanol–water partition coefficient (Wildman–Crippen LogP) is 1.74. The van der Waals surface area contributed by atoms with Crippen molar-refractivity contribution in [1.82, 2.24) is 0 Å². The van der Waals surface area contributed by atoms with Crippen LogP contribution in [0.3, 0.4) is 0 Å². The fourth-order valence-corrected chi connectivity index (χ4v) is 1.02. The van der Waals surface area contributed by atoms with Crippen molar-refractivity contribution in [2.75, 3.05) is 0 Å². The van der Waals surface area contributed by atoms with E-state index in [1.165, 1.54) is 0 Å². The van der Waals surface area contributed by atoms with E-state index in [4.69, 9.17) is 4.74 Å². The first-order valence-electron chi connectivity index (χ1n) is 4.34. The molecule has 0 unspecified atom stereocenters. The summed E-state index contributed by atoms with van der Waals surface area (Å²) in [6, 6.07) is 0. The molecule has 13 heavy (non-hydrogen) atoms. The molecule has 1 aliphatic rings. The van der Waals surface area contributed by atoms with Crippen LogP contribution in [0.15, 0.2) is 24.0 Å². The minimum atomic E-state index is -0.343.